The molecular weight excluding hydrogens is 306 g/mol. The van der Waals surface area contributed by atoms with Crippen molar-refractivity contribution in [1.29, 1.82) is 0 Å². The normalized spacial score (nSPS) is 11.5. The van der Waals surface area contributed by atoms with E-state index in [0.717, 1.165) is 6.42 Å². The van der Waals surface area contributed by atoms with Crippen molar-refractivity contribution in [2.24, 2.45) is 0 Å². The van der Waals surface area contributed by atoms with E-state index in [4.69, 9.17) is 0 Å². The van der Waals surface area contributed by atoms with Crippen LogP contribution in [0.2, 0.25) is 0 Å². The summed E-state index contributed by atoms with van der Waals surface area (Å²) in [4.78, 5) is 31.6. The molecule has 0 radical (unpaired) electrons. The summed E-state index contributed by atoms with van der Waals surface area (Å²) in [5.74, 6) is -0.0380. The molecule has 1 atom stereocenters. The molecule has 2 amide bonds. The third kappa shape index (κ3) is 5.05. The maximum Gasteiger partial charge on any atom is 0.274 e. The fourth-order valence-electron chi connectivity index (χ4n) is 1.91. The van der Waals surface area contributed by atoms with Gasteiger partial charge in [-0.15, -0.1) is 0 Å². The van der Waals surface area contributed by atoms with Gasteiger partial charge in [0.1, 0.15) is 5.69 Å². The van der Waals surface area contributed by atoms with E-state index in [9.17, 15) is 9.59 Å². The third-order valence-electron chi connectivity index (χ3n) is 3.34. The van der Waals surface area contributed by atoms with Gasteiger partial charge in [0.25, 0.3) is 5.91 Å². The quantitative estimate of drug-likeness (QED) is 0.758. The molecule has 1 heterocycles. The van der Waals surface area contributed by atoms with E-state index in [1.165, 1.54) is 6.92 Å². The Morgan fingerprint density at radius 3 is 2.29 bits per heavy atom. The molecular formula is C17H21N5O2. The number of anilines is 3. The number of hydrogen-bond donors (Lipinski definition) is 3. The number of rotatable bonds is 6. The second kappa shape index (κ2) is 8.05. The molecule has 0 aliphatic rings. The molecule has 0 aliphatic carbocycles. The smallest absolute Gasteiger partial charge is 0.274 e. The minimum atomic E-state index is -0.322. The average Bonchev–Trinajstić information content (AvgIpc) is 2.56. The zero-order chi connectivity index (χ0) is 17.5. The Bertz CT molecular complexity index is 715. The average molecular weight is 327 g/mol. The monoisotopic (exact) mass is 327 g/mol. The zero-order valence-electron chi connectivity index (χ0n) is 14.0. The van der Waals surface area contributed by atoms with Gasteiger partial charge in [0.2, 0.25) is 11.9 Å². The third-order valence-corrected chi connectivity index (χ3v) is 3.34. The van der Waals surface area contributed by atoms with Gasteiger partial charge in [-0.25, -0.2) is 9.97 Å². The van der Waals surface area contributed by atoms with Crippen LogP contribution in [0.4, 0.5) is 17.3 Å². The number of hydrogen-bond acceptors (Lipinski definition) is 5. The van der Waals surface area contributed by atoms with E-state index in [1.807, 2.05) is 6.92 Å². The van der Waals surface area contributed by atoms with E-state index in [1.54, 1.807) is 36.5 Å². The minimum Gasteiger partial charge on any atom is -0.352 e. The number of benzene rings is 1. The number of nitrogens with zero attached hydrogens (tertiary/aromatic N) is 2. The Morgan fingerprint density at radius 2 is 1.71 bits per heavy atom. The first-order valence-corrected chi connectivity index (χ1v) is 7.76. The fourth-order valence-corrected chi connectivity index (χ4v) is 1.91. The lowest BCUT2D eigenvalue weighted by molar-refractivity contribution is -0.114. The van der Waals surface area contributed by atoms with Crippen LogP contribution < -0.4 is 16.0 Å². The molecule has 2 rings (SSSR count). The molecule has 1 aromatic carbocycles. The molecule has 0 saturated carbocycles. The highest BCUT2D eigenvalue weighted by molar-refractivity contribution is 6.03. The van der Waals surface area contributed by atoms with Gasteiger partial charge in [-0.3, -0.25) is 9.59 Å². The molecule has 0 spiro atoms. The van der Waals surface area contributed by atoms with Crippen molar-refractivity contribution < 1.29 is 9.59 Å². The lowest BCUT2D eigenvalue weighted by Gasteiger charge is -2.11. The molecule has 3 N–H and O–H groups in total. The SMILES string of the molecule is CCC(C)Nc1nccc(C(=O)Nc2ccc(NC(C)=O)cc2)n1. The fraction of sp³-hybridized carbons (Fsp3) is 0.294. The van der Waals surface area contributed by atoms with Crippen LogP contribution in [-0.4, -0.2) is 27.8 Å². The van der Waals surface area contributed by atoms with Crippen molar-refractivity contribution in [3.63, 3.8) is 0 Å². The minimum absolute atomic E-state index is 0.144. The zero-order valence-corrected chi connectivity index (χ0v) is 14.0. The molecule has 2 aromatic rings. The van der Waals surface area contributed by atoms with E-state index in [-0.39, 0.29) is 23.6 Å². The molecule has 1 aromatic heterocycles. The highest BCUT2D eigenvalue weighted by Gasteiger charge is 2.10. The Balaban J connectivity index is 2.04. The van der Waals surface area contributed by atoms with Crippen LogP contribution in [0.5, 0.6) is 0 Å². The van der Waals surface area contributed by atoms with Gasteiger partial charge in [0.15, 0.2) is 0 Å². The number of aromatic nitrogens is 2. The van der Waals surface area contributed by atoms with Crippen molar-refractivity contribution in [2.45, 2.75) is 33.2 Å². The Labute approximate surface area is 140 Å². The van der Waals surface area contributed by atoms with E-state index in [0.29, 0.717) is 17.3 Å². The van der Waals surface area contributed by atoms with E-state index in [2.05, 4.69) is 32.8 Å². The van der Waals surface area contributed by atoms with Crippen molar-refractivity contribution in [1.82, 2.24) is 9.97 Å². The first kappa shape index (κ1) is 17.4. The number of amides is 2. The molecule has 0 bridgehead atoms. The van der Waals surface area contributed by atoms with Gasteiger partial charge >= 0.3 is 0 Å². The molecule has 126 valence electrons. The van der Waals surface area contributed by atoms with Crippen LogP contribution in [0.1, 0.15) is 37.7 Å². The van der Waals surface area contributed by atoms with Crippen molar-refractivity contribution >= 4 is 29.1 Å². The van der Waals surface area contributed by atoms with Crippen LogP contribution in [0.3, 0.4) is 0 Å². The summed E-state index contributed by atoms with van der Waals surface area (Å²) >= 11 is 0. The van der Waals surface area contributed by atoms with Crippen LogP contribution in [0.15, 0.2) is 36.5 Å². The summed E-state index contributed by atoms with van der Waals surface area (Å²) in [7, 11) is 0. The lowest BCUT2D eigenvalue weighted by Crippen LogP contribution is -2.19. The molecule has 0 aliphatic heterocycles. The number of carbonyl (C=O) groups is 2. The topological polar surface area (TPSA) is 96.0 Å². The first-order valence-electron chi connectivity index (χ1n) is 7.76. The van der Waals surface area contributed by atoms with Gasteiger partial charge < -0.3 is 16.0 Å². The van der Waals surface area contributed by atoms with Crippen LogP contribution in [-0.2, 0) is 4.79 Å². The van der Waals surface area contributed by atoms with Crippen LogP contribution >= 0.6 is 0 Å². The van der Waals surface area contributed by atoms with Gasteiger partial charge in [-0.2, -0.15) is 0 Å². The van der Waals surface area contributed by atoms with Gasteiger partial charge in [0, 0.05) is 30.5 Å². The Hall–Kier alpha value is -2.96. The number of carbonyl (C=O) groups excluding carboxylic acids is 2. The van der Waals surface area contributed by atoms with E-state index < -0.39 is 0 Å². The van der Waals surface area contributed by atoms with Gasteiger partial charge in [-0.05, 0) is 43.7 Å². The molecule has 7 nitrogen and oxygen atoms in total. The predicted molar refractivity (Wildman–Crippen MR) is 94.1 cm³/mol. The molecule has 1 unspecified atom stereocenters. The Kier molecular flexibility index (Phi) is 5.83. The highest BCUT2D eigenvalue weighted by atomic mass is 16.2. The Morgan fingerprint density at radius 1 is 1.08 bits per heavy atom. The molecule has 24 heavy (non-hydrogen) atoms. The van der Waals surface area contributed by atoms with Crippen LogP contribution in [0, 0.1) is 0 Å². The van der Waals surface area contributed by atoms with E-state index >= 15 is 0 Å². The summed E-state index contributed by atoms with van der Waals surface area (Å²) in [6.45, 7) is 5.52. The van der Waals surface area contributed by atoms with Crippen molar-refractivity contribution in [2.75, 3.05) is 16.0 Å². The number of nitrogens with one attached hydrogen (secondary N) is 3. The van der Waals surface area contributed by atoms with Gasteiger partial charge in [-0.1, -0.05) is 6.92 Å². The summed E-state index contributed by atoms with van der Waals surface area (Å²) in [5, 5.41) is 8.57. The maximum absolute atomic E-state index is 12.3. The summed E-state index contributed by atoms with van der Waals surface area (Å²) in [6, 6.07) is 8.64. The largest absolute Gasteiger partial charge is 0.352 e. The molecule has 0 fully saturated rings. The summed E-state index contributed by atoms with van der Waals surface area (Å²) < 4.78 is 0. The maximum atomic E-state index is 12.3. The lowest BCUT2D eigenvalue weighted by atomic mass is 10.2. The molecule has 0 saturated heterocycles. The summed E-state index contributed by atoms with van der Waals surface area (Å²) in [5.41, 5.74) is 1.56. The standard InChI is InChI=1S/C17H21N5O2/c1-4-11(2)19-17-18-10-9-15(22-17)16(24)21-14-7-5-13(6-8-14)20-12(3)23/h5-11H,4H2,1-3H3,(H,20,23)(H,21,24)(H,18,19,22). The van der Waals surface area contributed by atoms with Crippen molar-refractivity contribution in [3.05, 3.63) is 42.2 Å². The predicted octanol–water partition coefficient (Wildman–Crippen LogP) is 2.90. The molecule has 7 heteroatoms. The van der Waals surface area contributed by atoms with Gasteiger partial charge in [0.05, 0.1) is 0 Å². The summed E-state index contributed by atoms with van der Waals surface area (Å²) in [6.07, 6.45) is 2.48. The van der Waals surface area contributed by atoms with Crippen molar-refractivity contribution in [3.8, 4) is 0 Å². The first-order chi connectivity index (χ1) is 11.5. The van der Waals surface area contributed by atoms with Crippen LogP contribution in [0.25, 0.3) is 0 Å². The second-order valence-electron chi connectivity index (χ2n) is 5.43. The second-order valence-corrected chi connectivity index (χ2v) is 5.43. The highest BCUT2D eigenvalue weighted by Crippen LogP contribution is 2.14.